The highest BCUT2D eigenvalue weighted by atomic mass is 79.9. The van der Waals surface area contributed by atoms with Gasteiger partial charge in [-0.3, -0.25) is 0 Å². The second-order valence-electron chi connectivity index (χ2n) is 5.40. The van der Waals surface area contributed by atoms with Gasteiger partial charge in [0.25, 0.3) is 0 Å². The van der Waals surface area contributed by atoms with Crippen LogP contribution in [-0.2, 0) is 6.42 Å². The van der Waals surface area contributed by atoms with Crippen LogP contribution < -0.4 is 14.8 Å². The lowest BCUT2D eigenvalue weighted by atomic mass is 9.90. The Balaban J connectivity index is 1.87. The fourth-order valence-electron chi connectivity index (χ4n) is 2.99. The number of halogens is 1. The first kappa shape index (κ1) is 13.3. The Morgan fingerprint density at radius 2 is 2.21 bits per heavy atom. The summed E-state index contributed by atoms with van der Waals surface area (Å²) in [4.78, 5) is 0. The van der Waals surface area contributed by atoms with Gasteiger partial charge in [0, 0.05) is 4.47 Å². The molecular weight excluding hydrogens is 306 g/mol. The zero-order valence-corrected chi connectivity index (χ0v) is 12.9. The molecule has 1 N–H and O–H groups in total. The lowest BCUT2D eigenvalue weighted by molar-refractivity contribution is 0.170. The molecule has 104 valence electrons. The molecule has 1 aromatic carbocycles. The minimum absolute atomic E-state index is 0.644. The lowest BCUT2D eigenvalue weighted by Gasteiger charge is -2.26. The zero-order chi connectivity index (χ0) is 13.2. The molecule has 1 unspecified atom stereocenters. The average Bonchev–Trinajstić information content (AvgIpc) is 2.45. The lowest BCUT2D eigenvalue weighted by Crippen LogP contribution is -2.31. The maximum Gasteiger partial charge on any atom is 0.164 e. The fourth-order valence-corrected chi connectivity index (χ4v) is 3.66. The van der Waals surface area contributed by atoms with E-state index in [0.29, 0.717) is 13.2 Å². The summed E-state index contributed by atoms with van der Waals surface area (Å²) in [5, 5.41) is 3.49. The fraction of sp³-hybridized carbons (Fsp3) is 0.600. The topological polar surface area (TPSA) is 30.5 Å². The molecule has 1 atom stereocenters. The van der Waals surface area contributed by atoms with E-state index in [0.717, 1.165) is 41.4 Å². The van der Waals surface area contributed by atoms with E-state index in [1.807, 2.05) is 0 Å². The van der Waals surface area contributed by atoms with Crippen LogP contribution in [0.2, 0.25) is 0 Å². The number of nitrogens with one attached hydrogen (secondary N) is 1. The van der Waals surface area contributed by atoms with Crippen LogP contribution in [0.5, 0.6) is 11.5 Å². The number of piperidine rings is 1. The van der Waals surface area contributed by atoms with Crippen molar-refractivity contribution in [1.29, 1.82) is 0 Å². The van der Waals surface area contributed by atoms with E-state index >= 15 is 0 Å². The molecular formula is C15H20BrNO2. The van der Waals surface area contributed by atoms with E-state index in [-0.39, 0.29) is 0 Å². The average molecular weight is 326 g/mol. The highest BCUT2D eigenvalue weighted by molar-refractivity contribution is 9.10. The quantitative estimate of drug-likeness (QED) is 0.906. The van der Waals surface area contributed by atoms with Crippen LogP contribution >= 0.6 is 15.9 Å². The summed E-state index contributed by atoms with van der Waals surface area (Å²) in [6, 6.07) is 2.06. The molecule has 0 spiro atoms. The van der Waals surface area contributed by atoms with E-state index in [1.165, 1.54) is 24.0 Å². The minimum Gasteiger partial charge on any atom is -0.486 e. The third kappa shape index (κ3) is 2.75. The molecule has 0 amide bonds. The van der Waals surface area contributed by atoms with Crippen LogP contribution in [0.4, 0.5) is 0 Å². The summed E-state index contributed by atoms with van der Waals surface area (Å²) in [5.41, 5.74) is 2.60. The first-order valence-electron chi connectivity index (χ1n) is 7.04. The van der Waals surface area contributed by atoms with Gasteiger partial charge in [-0.1, -0.05) is 15.9 Å². The Labute approximate surface area is 122 Å². The van der Waals surface area contributed by atoms with Crippen LogP contribution in [0.25, 0.3) is 0 Å². The molecule has 0 saturated carbocycles. The highest BCUT2D eigenvalue weighted by Gasteiger charge is 2.22. The Kier molecular flexibility index (Phi) is 3.99. The molecule has 1 saturated heterocycles. The van der Waals surface area contributed by atoms with Crippen molar-refractivity contribution < 1.29 is 9.47 Å². The van der Waals surface area contributed by atoms with Crippen molar-refractivity contribution in [2.75, 3.05) is 26.3 Å². The predicted octanol–water partition coefficient (Wildman–Crippen LogP) is 3.07. The first-order chi connectivity index (χ1) is 9.25. The van der Waals surface area contributed by atoms with Gasteiger partial charge in [0.15, 0.2) is 11.5 Å². The Hall–Kier alpha value is -0.740. The molecule has 0 radical (unpaired) electrons. The van der Waals surface area contributed by atoms with Crippen molar-refractivity contribution in [3.8, 4) is 11.5 Å². The van der Waals surface area contributed by atoms with Gasteiger partial charge >= 0.3 is 0 Å². The SMILES string of the molecule is Cc1c(CC2CCCNC2)c(Br)cc2c1OCCO2. The number of hydrogen-bond acceptors (Lipinski definition) is 3. The summed E-state index contributed by atoms with van der Waals surface area (Å²) in [6.45, 7) is 5.73. The van der Waals surface area contributed by atoms with Crippen LogP contribution in [0.15, 0.2) is 10.5 Å². The van der Waals surface area contributed by atoms with Crippen molar-refractivity contribution in [2.45, 2.75) is 26.2 Å². The second-order valence-corrected chi connectivity index (χ2v) is 6.26. The summed E-state index contributed by atoms with van der Waals surface area (Å²) < 4.78 is 12.6. The van der Waals surface area contributed by atoms with Gasteiger partial charge < -0.3 is 14.8 Å². The molecule has 4 heteroatoms. The third-order valence-electron chi connectivity index (χ3n) is 4.04. The van der Waals surface area contributed by atoms with Crippen molar-refractivity contribution in [1.82, 2.24) is 5.32 Å². The van der Waals surface area contributed by atoms with Crippen molar-refractivity contribution >= 4 is 15.9 Å². The van der Waals surface area contributed by atoms with Crippen molar-refractivity contribution in [3.63, 3.8) is 0 Å². The largest absolute Gasteiger partial charge is 0.486 e. The van der Waals surface area contributed by atoms with Gasteiger partial charge in [0.2, 0.25) is 0 Å². The molecule has 0 bridgehead atoms. The van der Waals surface area contributed by atoms with Crippen LogP contribution in [0, 0.1) is 12.8 Å². The summed E-state index contributed by atoms with van der Waals surface area (Å²) in [5.74, 6) is 2.54. The minimum atomic E-state index is 0.644. The first-order valence-corrected chi connectivity index (χ1v) is 7.83. The number of rotatable bonds is 2. The molecule has 3 nitrogen and oxygen atoms in total. The van der Waals surface area contributed by atoms with Gasteiger partial charge in [-0.25, -0.2) is 0 Å². The molecule has 2 aliphatic rings. The van der Waals surface area contributed by atoms with Crippen molar-refractivity contribution in [3.05, 3.63) is 21.7 Å². The third-order valence-corrected chi connectivity index (χ3v) is 4.75. The number of benzene rings is 1. The van der Waals surface area contributed by atoms with E-state index < -0.39 is 0 Å². The van der Waals surface area contributed by atoms with Crippen molar-refractivity contribution in [2.24, 2.45) is 5.92 Å². The van der Waals surface area contributed by atoms with E-state index in [1.54, 1.807) is 0 Å². The molecule has 1 fully saturated rings. The van der Waals surface area contributed by atoms with Gasteiger partial charge in [0.1, 0.15) is 13.2 Å². The van der Waals surface area contributed by atoms with E-state index in [4.69, 9.17) is 9.47 Å². The zero-order valence-electron chi connectivity index (χ0n) is 11.3. The molecule has 2 aliphatic heterocycles. The Morgan fingerprint density at radius 1 is 1.37 bits per heavy atom. The monoisotopic (exact) mass is 325 g/mol. The maximum absolute atomic E-state index is 5.78. The van der Waals surface area contributed by atoms with E-state index in [2.05, 4.69) is 34.2 Å². The van der Waals surface area contributed by atoms with Crippen LogP contribution in [-0.4, -0.2) is 26.3 Å². The van der Waals surface area contributed by atoms with E-state index in [9.17, 15) is 0 Å². The summed E-state index contributed by atoms with van der Waals surface area (Å²) >= 11 is 3.70. The Bertz CT molecular complexity index is 470. The standard InChI is InChI=1S/C15H20BrNO2/c1-10-12(7-11-3-2-4-17-9-11)13(16)8-14-15(10)19-6-5-18-14/h8,11,17H,2-7,9H2,1H3. The molecule has 0 aliphatic carbocycles. The smallest absolute Gasteiger partial charge is 0.164 e. The van der Waals surface area contributed by atoms with Crippen LogP contribution in [0.3, 0.4) is 0 Å². The molecule has 3 rings (SSSR count). The Morgan fingerprint density at radius 3 is 3.00 bits per heavy atom. The number of fused-ring (bicyclic) bond motifs is 1. The number of hydrogen-bond donors (Lipinski definition) is 1. The maximum atomic E-state index is 5.78. The molecule has 2 heterocycles. The highest BCUT2D eigenvalue weighted by Crippen LogP contribution is 2.40. The second kappa shape index (κ2) is 5.71. The normalized spacial score (nSPS) is 22.3. The molecule has 19 heavy (non-hydrogen) atoms. The molecule has 0 aromatic heterocycles. The van der Waals surface area contributed by atoms with Gasteiger partial charge in [0.05, 0.1) is 0 Å². The van der Waals surface area contributed by atoms with Gasteiger partial charge in [-0.05, 0) is 62.4 Å². The van der Waals surface area contributed by atoms with Gasteiger partial charge in [-0.2, -0.15) is 0 Å². The van der Waals surface area contributed by atoms with Gasteiger partial charge in [-0.15, -0.1) is 0 Å². The number of ether oxygens (including phenoxy) is 2. The predicted molar refractivity (Wildman–Crippen MR) is 79.2 cm³/mol. The van der Waals surface area contributed by atoms with Crippen LogP contribution in [0.1, 0.15) is 24.0 Å². The molecule has 1 aromatic rings. The summed E-state index contributed by atoms with van der Waals surface area (Å²) in [6.07, 6.45) is 3.70. The summed E-state index contributed by atoms with van der Waals surface area (Å²) in [7, 11) is 0.